The highest BCUT2D eigenvalue weighted by molar-refractivity contribution is 7.80. The molecule has 38 heavy (non-hydrogen) atoms. The molecule has 200 valence electrons. The molecule has 1 aliphatic heterocycles. The standard InChI is InChI=1S/C27H29N3O7S/c1-37-25-12-6-21(7-13-25)20-4-10-23(11-5-20)29(38(35)36)26(27(31)32)22-14-16-28(17-15-22)18-19-2-8-24(9-3-19)30(33)34/h2-13,22,26H,14-18H2,1H3,(H,31,32)(H,35,36). The molecule has 1 heterocycles. The molecule has 0 saturated carbocycles. The summed E-state index contributed by atoms with van der Waals surface area (Å²) in [5, 5.41) is 21.0. The van der Waals surface area contributed by atoms with E-state index in [2.05, 4.69) is 4.90 Å². The van der Waals surface area contributed by atoms with Crippen molar-refractivity contribution in [2.75, 3.05) is 24.5 Å². The fraction of sp³-hybridized carbons (Fsp3) is 0.296. The number of hydrogen-bond donors (Lipinski definition) is 2. The van der Waals surface area contributed by atoms with Crippen molar-refractivity contribution in [2.45, 2.75) is 25.4 Å². The number of methoxy groups -OCH3 is 1. The predicted molar refractivity (Wildman–Crippen MR) is 144 cm³/mol. The van der Waals surface area contributed by atoms with Gasteiger partial charge in [0.1, 0.15) is 11.8 Å². The molecule has 2 N–H and O–H groups in total. The number of carbonyl (C=O) groups is 1. The maximum absolute atomic E-state index is 12.4. The monoisotopic (exact) mass is 539 g/mol. The van der Waals surface area contributed by atoms with Gasteiger partial charge >= 0.3 is 5.97 Å². The predicted octanol–water partition coefficient (Wildman–Crippen LogP) is 4.58. The van der Waals surface area contributed by atoms with E-state index in [4.69, 9.17) is 4.74 Å². The lowest BCUT2D eigenvalue weighted by Gasteiger charge is -2.38. The van der Waals surface area contributed by atoms with Crippen LogP contribution >= 0.6 is 0 Å². The Morgan fingerprint density at radius 1 is 1.05 bits per heavy atom. The first-order valence-corrected chi connectivity index (χ1v) is 13.2. The Morgan fingerprint density at radius 3 is 2.08 bits per heavy atom. The zero-order valence-electron chi connectivity index (χ0n) is 20.8. The molecule has 0 amide bonds. The quantitative estimate of drug-likeness (QED) is 0.217. The fourth-order valence-corrected chi connectivity index (χ4v) is 5.59. The van der Waals surface area contributed by atoms with Crippen molar-refractivity contribution < 1.29 is 28.3 Å². The summed E-state index contributed by atoms with van der Waals surface area (Å²) >= 11 is -2.54. The van der Waals surface area contributed by atoms with Gasteiger partial charge in [-0.1, -0.05) is 36.4 Å². The highest BCUT2D eigenvalue weighted by atomic mass is 32.2. The van der Waals surface area contributed by atoms with Crippen LogP contribution in [0.3, 0.4) is 0 Å². The van der Waals surface area contributed by atoms with Gasteiger partial charge in [0.05, 0.1) is 17.7 Å². The van der Waals surface area contributed by atoms with E-state index in [0.29, 0.717) is 38.2 Å². The molecule has 1 saturated heterocycles. The largest absolute Gasteiger partial charge is 0.497 e. The third-order valence-electron chi connectivity index (χ3n) is 6.85. The molecule has 0 aromatic heterocycles. The molecule has 11 heteroatoms. The number of nitrogens with zero attached hydrogens (tertiary/aromatic N) is 3. The van der Waals surface area contributed by atoms with Crippen LogP contribution in [-0.2, 0) is 22.6 Å². The van der Waals surface area contributed by atoms with Crippen molar-refractivity contribution in [1.82, 2.24) is 4.90 Å². The lowest BCUT2D eigenvalue weighted by atomic mass is 9.88. The van der Waals surface area contributed by atoms with Gasteiger partial charge in [-0.05, 0) is 72.8 Å². The number of nitro benzene ring substituents is 1. The van der Waals surface area contributed by atoms with Crippen LogP contribution in [0.25, 0.3) is 11.1 Å². The van der Waals surface area contributed by atoms with Crippen molar-refractivity contribution in [3.05, 3.63) is 88.5 Å². The van der Waals surface area contributed by atoms with Crippen molar-refractivity contribution >= 4 is 28.6 Å². The zero-order chi connectivity index (χ0) is 27.2. The SMILES string of the molecule is COc1ccc(-c2ccc(N(C(C(=O)O)C3CCN(Cc4ccc([N+](=O)[O-])cc4)CC3)S(=O)O)cc2)cc1. The number of piperidine rings is 1. The molecule has 0 bridgehead atoms. The summed E-state index contributed by atoms with van der Waals surface area (Å²) < 4.78 is 28.8. The van der Waals surface area contributed by atoms with E-state index >= 15 is 0 Å². The van der Waals surface area contributed by atoms with E-state index < -0.39 is 28.2 Å². The number of nitro groups is 1. The first-order chi connectivity index (χ1) is 18.3. The van der Waals surface area contributed by atoms with E-state index in [-0.39, 0.29) is 11.6 Å². The van der Waals surface area contributed by atoms with Crippen LogP contribution in [0.4, 0.5) is 11.4 Å². The summed E-state index contributed by atoms with van der Waals surface area (Å²) in [6.07, 6.45) is 1.06. The number of benzene rings is 3. The fourth-order valence-electron chi connectivity index (χ4n) is 4.83. The Kier molecular flexibility index (Phi) is 8.72. The van der Waals surface area contributed by atoms with Crippen LogP contribution in [0.1, 0.15) is 18.4 Å². The molecule has 1 fully saturated rings. The van der Waals surface area contributed by atoms with Crippen molar-refractivity contribution in [3.8, 4) is 16.9 Å². The lowest BCUT2D eigenvalue weighted by molar-refractivity contribution is -0.384. The van der Waals surface area contributed by atoms with Crippen LogP contribution in [0, 0.1) is 16.0 Å². The molecule has 10 nitrogen and oxygen atoms in total. The summed E-state index contributed by atoms with van der Waals surface area (Å²) in [4.78, 5) is 24.9. The number of hydrogen-bond acceptors (Lipinski definition) is 6. The third kappa shape index (κ3) is 6.36. The van der Waals surface area contributed by atoms with Crippen LogP contribution in [-0.4, -0.2) is 55.9 Å². The van der Waals surface area contributed by atoms with Crippen molar-refractivity contribution in [2.24, 2.45) is 5.92 Å². The Bertz CT molecular complexity index is 1280. The van der Waals surface area contributed by atoms with Gasteiger partial charge in [-0.2, -0.15) is 0 Å². The Labute approximate surface area is 223 Å². The van der Waals surface area contributed by atoms with Crippen LogP contribution in [0.2, 0.25) is 0 Å². The smallest absolute Gasteiger partial charge is 0.327 e. The second kappa shape index (κ2) is 12.2. The van der Waals surface area contributed by atoms with Crippen LogP contribution in [0.5, 0.6) is 5.75 Å². The van der Waals surface area contributed by atoms with Crippen LogP contribution in [0.15, 0.2) is 72.8 Å². The molecular formula is C27H29N3O7S. The van der Waals surface area contributed by atoms with Gasteiger partial charge in [0, 0.05) is 18.7 Å². The van der Waals surface area contributed by atoms with Crippen molar-refractivity contribution in [3.63, 3.8) is 0 Å². The minimum absolute atomic E-state index is 0.0332. The minimum atomic E-state index is -2.54. The number of carboxylic acids is 1. The summed E-state index contributed by atoms with van der Waals surface area (Å²) in [5.41, 5.74) is 3.13. The van der Waals surface area contributed by atoms with E-state index in [9.17, 15) is 28.8 Å². The first-order valence-electron chi connectivity index (χ1n) is 12.1. The Balaban J connectivity index is 1.45. The van der Waals surface area contributed by atoms with E-state index in [0.717, 1.165) is 26.7 Å². The first kappa shape index (κ1) is 27.2. The molecule has 1 aliphatic rings. The number of ether oxygens (including phenoxy) is 1. The molecular weight excluding hydrogens is 510 g/mol. The molecule has 4 rings (SSSR count). The maximum atomic E-state index is 12.4. The molecule has 0 radical (unpaired) electrons. The number of likely N-dealkylation sites (tertiary alicyclic amines) is 1. The molecule has 3 aromatic rings. The van der Waals surface area contributed by atoms with Gasteiger partial charge < -0.3 is 9.84 Å². The molecule has 2 atom stereocenters. The van der Waals surface area contributed by atoms with Crippen molar-refractivity contribution in [1.29, 1.82) is 0 Å². The van der Waals surface area contributed by atoms with Gasteiger partial charge in [0.15, 0.2) is 0 Å². The second-order valence-electron chi connectivity index (χ2n) is 9.15. The Hall–Kier alpha value is -3.80. The van der Waals surface area contributed by atoms with Gasteiger partial charge in [-0.25, -0.2) is 9.00 Å². The Morgan fingerprint density at radius 2 is 1.61 bits per heavy atom. The maximum Gasteiger partial charge on any atom is 0.327 e. The van der Waals surface area contributed by atoms with Gasteiger partial charge in [0.25, 0.3) is 17.0 Å². The number of non-ortho nitro benzene ring substituents is 1. The number of anilines is 1. The number of rotatable bonds is 10. The van der Waals surface area contributed by atoms with E-state index in [1.165, 1.54) is 12.1 Å². The van der Waals surface area contributed by atoms with E-state index in [1.807, 2.05) is 24.3 Å². The summed E-state index contributed by atoms with van der Waals surface area (Å²) in [7, 11) is 1.59. The van der Waals surface area contributed by atoms with Gasteiger partial charge in [0.2, 0.25) is 0 Å². The average Bonchev–Trinajstić information content (AvgIpc) is 2.92. The molecule has 0 spiro atoms. The lowest BCUT2D eigenvalue weighted by Crippen LogP contribution is -2.50. The average molecular weight is 540 g/mol. The van der Waals surface area contributed by atoms with E-state index in [1.54, 1.807) is 43.5 Å². The zero-order valence-corrected chi connectivity index (χ0v) is 21.6. The van der Waals surface area contributed by atoms with Crippen LogP contribution < -0.4 is 9.04 Å². The highest BCUT2D eigenvalue weighted by Crippen LogP contribution is 2.32. The minimum Gasteiger partial charge on any atom is -0.497 e. The number of carboxylic acid groups (broad SMARTS) is 1. The summed E-state index contributed by atoms with van der Waals surface area (Å²) in [6, 6.07) is 19.6. The summed E-state index contributed by atoms with van der Waals surface area (Å²) in [6.45, 7) is 1.80. The molecule has 0 aliphatic carbocycles. The molecule has 2 unspecified atom stereocenters. The van der Waals surface area contributed by atoms with Gasteiger partial charge in [-0.15, -0.1) is 0 Å². The topological polar surface area (TPSA) is 133 Å². The second-order valence-corrected chi connectivity index (χ2v) is 10.0. The van der Waals surface area contributed by atoms with Gasteiger partial charge in [-0.3, -0.25) is 23.9 Å². The summed E-state index contributed by atoms with van der Waals surface area (Å²) in [5.74, 6) is -0.756. The third-order valence-corrected chi connectivity index (χ3v) is 7.63. The normalized spacial score (nSPS) is 15.9. The highest BCUT2D eigenvalue weighted by Gasteiger charge is 2.38. The number of aliphatic carboxylic acids is 1. The molecule has 3 aromatic carbocycles.